The molecule has 0 aliphatic rings. The second kappa shape index (κ2) is 11.2. The molecule has 0 saturated heterocycles. The molecule has 0 spiro atoms. The van der Waals surface area contributed by atoms with Crippen molar-refractivity contribution >= 4 is 29.3 Å². The molecule has 0 saturated carbocycles. The SMILES string of the molecule is CCOc1cc(/C=C(\C#N)C(=O)Nc2ccc(C)cc2C)cc(Cl)c1OCc1ccccc1. The van der Waals surface area contributed by atoms with Crippen LogP contribution in [0, 0.1) is 25.2 Å². The maximum Gasteiger partial charge on any atom is 0.266 e. The highest BCUT2D eigenvalue weighted by Crippen LogP contribution is 2.38. The monoisotopic (exact) mass is 460 g/mol. The molecule has 0 radical (unpaired) electrons. The highest BCUT2D eigenvalue weighted by atomic mass is 35.5. The van der Waals surface area contributed by atoms with E-state index in [1.54, 1.807) is 12.1 Å². The van der Waals surface area contributed by atoms with Gasteiger partial charge in [-0.2, -0.15) is 5.26 Å². The molecule has 0 atom stereocenters. The van der Waals surface area contributed by atoms with Gasteiger partial charge in [0.2, 0.25) is 0 Å². The lowest BCUT2D eigenvalue weighted by Crippen LogP contribution is -2.14. The quantitative estimate of drug-likeness (QED) is 0.308. The van der Waals surface area contributed by atoms with Crippen molar-refractivity contribution in [1.29, 1.82) is 5.26 Å². The van der Waals surface area contributed by atoms with Gasteiger partial charge in [0.25, 0.3) is 5.91 Å². The largest absolute Gasteiger partial charge is 0.490 e. The Balaban J connectivity index is 1.85. The molecular weight excluding hydrogens is 436 g/mol. The molecule has 0 aliphatic heterocycles. The summed E-state index contributed by atoms with van der Waals surface area (Å²) in [5.41, 5.74) is 4.17. The van der Waals surface area contributed by atoms with E-state index in [0.29, 0.717) is 41.0 Å². The van der Waals surface area contributed by atoms with E-state index >= 15 is 0 Å². The van der Waals surface area contributed by atoms with E-state index in [2.05, 4.69) is 5.32 Å². The molecule has 0 aromatic heterocycles. The zero-order valence-corrected chi connectivity index (χ0v) is 19.6. The van der Waals surface area contributed by atoms with E-state index in [1.165, 1.54) is 6.08 Å². The second-order valence-electron chi connectivity index (χ2n) is 7.48. The molecule has 33 heavy (non-hydrogen) atoms. The number of carbonyl (C=O) groups excluding carboxylic acids is 1. The van der Waals surface area contributed by atoms with Crippen molar-refractivity contribution in [1.82, 2.24) is 0 Å². The minimum atomic E-state index is -0.497. The molecule has 3 aromatic rings. The van der Waals surface area contributed by atoms with Gasteiger partial charge >= 0.3 is 0 Å². The van der Waals surface area contributed by atoms with Crippen LogP contribution in [0.3, 0.4) is 0 Å². The third kappa shape index (κ3) is 6.38. The average molecular weight is 461 g/mol. The Morgan fingerprint density at radius 3 is 2.52 bits per heavy atom. The van der Waals surface area contributed by atoms with Crippen molar-refractivity contribution in [3.05, 3.63) is 93.5 Å². The molecule has 0 bridgehead atoms. The van der Waals surface area contributed by atoms with Crippen molar-refractivity contribution in [2.45, 2.75) is 27.4 Å². The third-order valence-electron chi connectivity index (χ3n) is 4.86. The van der Waals surface area contributed by atoms with Crippen LogP contribution >= 0.6 is 11.6 Å². The number of aryl methyl sites for hydroxylation is 2. The van der Waals surface area contributed by atoms with Crippen molar-refractivity contribution in [3.8, 4) is 17.6 Å². The van der Waals surface area contributed by atoms with Gasteiger partial charge < -0.3 is 14.8 Å². The van der Waals surface area contributed by atoms with Crippen LogP contribution in [0.4, 0.5) is 5.69 Å². The Morgan fingerprint density at radius 2 is 1.85 bits per heavy atom. The number of anilines is 1. The van der Waals surface area contributed by atoms with Gasteiger partial charge in [-0.1, -0.05) is 59.6 Å². The maximum atomic E-state index is 12.7. The van der Waals surface area contributed by atoms with Crippen LogP contribution in [0.25, 0.3) is 6.08 Å². The summed E-state index contributed by atoms with van der Waals surface area (Å²) in [5.74, 6) is 0.361. The van der Waals surface area contributed by atoms with Crippen LogP contribution in [0.1, 0.15) is 29.2 Å². The summed E-state index contributed by atoms with van der Waals surface area (Å²) in [6.07, 6.45) is 1.48. The molecular formula is C27H25ClN2O3. The van der Waals surface area contributed by atoms with E-state index in [-0.39, 0.29) is 5.57 Å². The number of nitrogens with one attached hydrogen (secondary N) is 1. The summed E-state index contributed by atoms with van der Waals surface area (Å²) < 4.78 is 11.6. The third-order valence-corrected chi connectivity index (χ3v) is 5.14. The number of nitriles is 1. The first-order valence-corrected chi connectivity index (χ1v) is 10.9. The van der Waals surface area contributed by atoms with E-state index < -0.39 is 5.91 Å². The van der Waals surface area contributed by atoms with E-state index in [0.717, 1.165) is 16.7 Å². The van der Waals surface area contributed by atoms with E-state index in [9.17, 15) is 10.1 Å². The molecule has 0 heterocycles. The zero-order chi connectivity index (χ0) is 23.8. The fraction of sp³-hybridized carbons (Fsp3) is 0.185. The van der Waals surface area contributed by atoms with Gasteiger partial charge in [-0.05, 0) is 61.7 Å². The Kier molecular flexibility index (Phi) is 8.12. The molecule has 1 N–H and O–H groups in total. The first kappa shape index (κ1) is 23.9. The number of nitrogens with zero attached hydrogens (tertiary/aromatic N) is 1. The van der Waals surface area contributed by atoms with Crippen LogP contribution in [0.5, 0.6) is 11.5 Å². The lowest BCUT2D eigenvalue weighted by Gasteiger charge is -2.15. The molecule has 6 heteroatoms. The van der Waals surface area contributed by atoms with Crippen molar-refractivity contribution in [3.63, 3.8) is 0 Å². The molecule has 0 unspecified atom stereocenters. The molecule has 5 nitrogen and oxygen atoms in total. The fourth-order valence-corrected chi connectivity index (χ4v) is 3.54. The van der Waals surface area contributed by atoms with Crippen LogP contribution in [-0.2, 0) is 11.4 Å². The highest BCUT2D eigenvalue weighted by Gasteiger charge is 2.15. The molecule has 3 rings (SSSR count). The lowest BCUT2D eigenvalue weighted by atomic mass is 10.1. The average Bonchev–Trinajstić information content (AvgIpc) is 2.79. The van der Waals surface area contributed by atoms with E-state index in [4.69, 9.17) is 21.1 Å². The summed E-state index contributed by atoms with van der Waals surface area (Å²) in [4.78, 5) is 12.7. The van der Waals surface area contributed by atoms with E-state index in [1.807, 2.05) is 75.4 Å². The zero-order valence-electron chi connectivity index (χ0n) is 18.8. The first-order valence-electron chi connectivity index (χ1n) is 10.5. The van der Waals surface area contributed by atoms with Gasteiger partial charge in [0.1, 0.15) is 18.2 Å². The van der Waals surface area contributed by atoms with Crippen molar-refractivity contribution < 1.29 is 14.3 Å². The Morgan fingerprint density at radius 1 is 1.09 bits per heavy atom. The van der Waals surface area contributed by atoms with Gasteiger partial charge in [-0.15, -0.1) is 0 Å². The molecule has 0 fully saturated rings. The predicted molar refractivity (Wildman–Crippen MR) is 132 cm³/mol. The number of benzene rings is 3. The summed E-state index contributed by atoms with van der Waals surface area (Å²) in [6, 6.07) is 20.7. The topological polar surface area (TPSA) is 71.3 Å². The van der Waals surface area contributed by atoms with Crippen molar-refractivity contribution in [2.75, 3.05) is 11.9 Å². The molecule has 168 valence electrons. The van der Waals surface area contributed by atoms with Gasteiger partial charge in [0, 0.05) is 5.69 Å². The fourth-order valence-electron chi connectivity index (χ4n) is 3.26. The molecule has 3 aromatic carbocycles. The number of carbonyl (C=O) groups is 1. The number of amides is 1. The Labute approximate surface area is 199 Å². The number of halogens is 1. The first-order chi connectivity index (χ1) is 15.9. The molecule has 0 aliphatic carbocycles. The maximum absolute atomic E-state index is 12.7. The minimum Gasteiger partial charge on any atom is -0.490 e. The minimum absolute atomic E-state index is 0.0496. The van der Waals surface area contributed by atoms with Gasteiger partial charge in [0.15, 0.2) is 11.5 Å². The van der Waals surface area contributed by atoms with Crippen molar-refractivity contribution in [2.24, 2.45) is 0 Å². The Bertz CT molecular complexity index is 1210. The van der Waals surface area contributed by atoms with Gasteiger partial charge in [0.05, 0.1) is 11.6 Å². The molecule has 1 amide bonds. The van der Waals surface area contributed by atoms with Crippen LogP contribution in [0.2, 0.25) is 5.02 Å². The lowest BCUT2D eigenvalue weighted by molar-refractivity contribution is -0.112. The predicted octanol–water partition coefficient (Wildman–Crippen LogP) is 6.48. The summed E-state index contributed by atoms with van der Waals surface area (Å²) in [5, 5.41) is 12.7. The summed E-state index contributed by atoms with van der Waals surface area (Å²) >= 11 is 6.49. The van der Waals surface area contributed by atoms with Gasteiger partial charge in [-0.3, -0.25) is 4.79 Å². The standard InChI is InChI=1S/C27H25ClN2O3/c1-4-32-25-15-21(14-23(28)26(25)33-17-20-8-6-5-7-9-20)13-22(16-29)27(31)30-24-11-10-18(2)12-19(24)3/h5-15H,4,17H2,1-3H3,(H,30,31)/b22-13+. The highest BCUT2D eigenvalue weighted by molar-refractivity contribution is 6.32. The van der Waals surface area contributed by atoms with Gasteiger partial charge in [-0.25, -0.2) is 0 Å². The number of rotatable bonds is 8. The second-order valence-corrected chi connectivity index (χ2v) is 7.89. The summed E-state index contributed by atoms with van der Waals surface area (Å²) in [7, 11) is 0. The van der Waals surface area contributed by atoms with Crippen LogP contribution < -0.4 is 14.8 Å². The number of hydrogen-bond acceptors (Lipinski definition) is 4. The van der Waals surface area contributed by atoms with Crippen LogP contribution in [-0.4, -0.2) is 12.5 Å². The summed E-state index contributed by atoms with van der Waals surface area (Å²) in [6.45, 7) is 6.48. The number of hydrogen-bond donors (Lipinski definition) is 1. The normalized spacial score (nSPS) is 10.9. The number of ether oxygens (including phenoxy) is 2. The van der Waals surface area contributed by atoms with Crippen LogP contribution in [0.15, 0.2) is 66.2 Å². The Hall–Kier alpha value is -3.75. The smallest absolute Gasteiger partial charge is 0.266 e.